The zero-order chi connectivity index (χ0) is 23.2. The van der Waals surface area contributed by atoms with Crippen molar-refractivity contribution in [3.63, 3.8) is 0 Å². The number of aliphatic hydroxyl groups excluding tert-OH is 2. The molecule has 1 aliphatic rings. The van der Waals surface area contributed by atoms with Gasteiger partial charge in [0.25, 0.3) is 0 Å². The van der Waals surface area contributed by atoms with E-state index in [4.69, 9.17) is 36.5 Å². The average Bonchev–Trinajstić information content (AvgIpc) is 3.40. The lowest BCUT2D eigenvalue weighted by Crippen LogP contribution is -2.42. The van der Waals surface area contributed by atoms with Gasteiger partial charge in [-0.1, -0.05) is 23.1 Å². The zero-order valence-corrected chi connectivity index (χ0v) is 18.1. The molecule has 10 nitrogen and oxygen atoms in total. The molecule has 10 heteroatoms. The van der Waals surface area contributed by atoms with Crippen molar-refractivity contribution in [1.29, 1.82) is 0 Å². The van der Waals surface area contributed by atoms with Crippen molar-refractivity contribution >= 4 is 0 Å². The largest absolute Gasteiger partial charge is 0.394 e. The molecule has 3 atom stereocenters. The van der Waals surface area contributed by atoms with Crippen LogP contribution in [-0.4, -0.2) is 90.3 Å². The monoisotopic (exact) mass is 449 g/mol. The van der Waals surface area contributed by atoms with E-state index in [0.29, 0.717) is 18.7 Å². The third kappa shape index (κ3) is 8.01. The summed E-state index contributed by atoms with van der Waals surface area (Å²) in [6, 6.07) is 0. The van der Waals surface area contributed by atoms with Gasteiger partial charge in [-0.05, 0) is 0 Å². The number of aromatic nitrogens is 3. The zero-order valence-electron chi connectivity index (χ0n) is 18.1. The van der Waals surface area contributed by atoms with Crippen molar-refractivity contribution in [2.45, 2.75) is 31.5 Å². The Morgan fingerprint density at radius 3 is 2.44 bits per heavy atom. The molecule has 1 fully saturated rings. The lowest BCUT2D eigenvalue weighted by Gasteiger charge is -2.32. The molecule has 0 bridgehead atoms. The highest BCUT2D eigenvalue weighted by Gasteiger charge is 2.35. The van der Waals surface area contributed by atoms with Gasteiger partial charge in [0.2, 0.25) is 0 Å². The highest BCUT2D eigenvalue weighted by atomic mass is 16.5. The molecule has 0 amide bonds. The average molecular weight is 450 g/mol. The number of hydrogen-bond acceptors (Lipinski definition) is 9. The van der Waals surface area contributed by atoms with Crippen LogP contribution in [0.25, 0.3) is 0 Å². The van der Waals surface area contributed by atoms with Gasteiger partial charge in [0.05, 0.1) is 64.0 Å². The Balaban J connectivity index is 1.96. The second-order valence-electron chi connectivity index (χ2n) is 7.50. The predicted molar refractivity (Wildman–Crippen MR) is 114 cm³/mol. The maximum absolute atomic E-state index is 9.89. The summed E-state index contributed by atoms with van der Waals surface area (Å²) >= 11 is 0. The first-order chi connectivity index (χ1) is 15.6. The normalized spacial score (nSPS) is 20.7. The van der Waals surface area contributed by atoms with Crippen LogP contribution in [0.5, 0.6) is 0 Å². The Hall–Kier alpha value is -2.28. The van der Waals surface area contributed by atoms with E-state index in [9.17, 15) is 10.2 Å². The van der Waals surface area contributed by atoms with Gasteiger partial charge in [0.1, 0.15) is 25.0 Å². The third-order valence-corrected chi connectivity index (χ3v) is 4.73. The Bertz CT molecular complexity index is 750. The maximum Gasteiger partial charge on any atom is 0.155 e. The van der Waals surface area contributed by atoms with Crippen LogP contribution in [0.2, 0.25) is 0 Å². The minimum absolute atomic E-state index is 0.148. The third-order valence-electron chi connectivity index (χ3n) is 4.73. The standard InChI is InChI=1S/C22H31N3O7/c1-4-7-28-14-22(15-29-8-5-2,16-30-9-6-3)17-31-13-18-11-25(24-23-18)21-10-19(27)20(12-26)32-21/h1-2,6,11,19-21,26-27H,3,7-10,12-17H2/t19?,20-,21-/m1/s1. The van der Waals surface area contributed by atoms with Crippen LogP contribution in [0.1, 0.15) is 18.3 Å². The molecule has 0 saturated carbocycles. The van der Waals surface area contributed by atoms with Crippen molar-refractivity contribution in [3.8, 4) is 24.7 Å². The van der Waals surface area contributed by atoms with E-state index in [1.165, 1.54) is 4.68 Å². The summed E-state index contributed by atoms with van der Waals surface area (Å²) in [6.45, 7) is 5.25. The number of hydrogen-bond donors (Lipinski definition) is 2. The molecule has 1 aromatic rings. The Kier molecular flexibility index (Phi) is 11.4. The summed E-state index contributed by atoms with van der Waals surface area (Å²) < 4.78 is 29.8. The second-order valence-corrected chi connectivity index (χ2v) is 7.50. The minimum atomic E-state index is -0.754. The summed E-state index contributed by atoms with van der Waals surface area (Å²) in [4.78, 5) is 0. The molecule has 0 spiro atoms. The molecule has 1 aliphatic heterocycles. The van der Waals surface area contributed by atoms with E-state index in [2.05, 4.69) is 28.7 Å². The number of terminal acetylenes is 2. The number of nitrogens with zero attached hydrogens (tertiary/aromatic N) is 3. The molecule has 2 N–H and O–H groups in total. The topological polar surface area (TPSA) is 117 Å². The van der Waals surface area contributed by atoms with Crippen molar-refractivity contribution < 1.29 is 33.9 Å². The molecule has 0 radical (unpaired) electrons. The second kappa shape index (κ2) is 14.0. The van der Waals surface area contributed by atoms with Gasteiger partial charge in [-0.2, -0.15) is 0 Å². The smallest absolute Gasteiger partial charge is 0.155 e. The van der Waals surface area contributed by atoms with Crippen LogP contribution < -0.4 is 0 Å². The number of rotatable bonds is 16. The molecular weight excluding hydrogens is 418 g/mol. The van der Waals surface area contributed by atoms with Crippen LogP contribution >= 0.6 is 0 Å². The van der Waals surface area contributed by atoms with E-state index in [-0.39, 0.29) is 52.9 Å². The SMILES string of the molecule is C#CCOCC(COCC#C)(COCC=C)COCc1cn([C@H]2CC(O)[C@@H](CO)O2)nn1. The molecule has 1 saturated heterocycles. The molecule has 0 aromatic carbocycles. The molecule has 2 heterocycles. The molecule has 0 aliphatic carbocycles. The lowest BCUT2D eigenvalue weighted by molar-refractivity contribution is -0.0998. The minimum Gasteiger partial charge on any atom is -0.394 e. The van der Waals surface area contributed by atoms with Crippen molar-refractivity contribution in [3.05, 3.63) is 24.5 Å². The van der Waals surface area contributed by atoms with Crippen LogP contribution in [-0.2, 0) is 30.3 Å². The molecule has 32 heavy (non-hydrogen) atoms. The highest BCUT2D eigenvalue weighted by molar-refractivity contribution is 4.93. The van der Waals surface area contributed by atoms with E-state index in [1.54, 1.807) is 12.3 Å². The van der Waals surface area contributed by atoms with Gasteiger partial charge >= 0.3 is 0 Å². The summed E-state index contributed by atoms with van der Waals surface area (Å²) in [7, 11) is 0. The predicted octanol–water partition coefficient (Wildman–Crippen LogP) is -0.0760. The van der Waals surface area contributed by atoms with Crippen LogP contribution in [0.15, 0.2) is 18.9 Å². The first-order valence-corrected chi connectivity index (χ1v) is 10.2. The first kappa shape index (κ1) is 26.0. The fourth-order valence-electron chi connectivity index (χ4n) is 3.20. The summed E-state index contributed by atoms with van der Waals surface area (Å²) in [5.41, 5.74) is -0.0646. The first-order valence-electron chi connectivity index (χ1n) is 10.2. The highest BCUT2D eigenvalue weighted by Crippen LogP contribution is 2.28. The molecule has 1 unspecified atom stereocenters. The molecule has 1 aromatic heterocycles. The van der Waals surface area contributed by atoms with Gasteiger partial charge in [-0.3, -0.25) is 0 Å². The van der Waals surface area contributed by atoms with Crippen LogP contribution in [0.3, 0.4) is 0 Å². The van der Waals surface area contributed by atoms with Crippen LogP contribution in [0, 0.1) is 30.1 Å². The quantitative estimate of drug-likeness (QED) is 0.203. The van der Waals surface area contributed by atoms with Gasteiger partial charge in [-0.25, -0.2) is 4.68 Å². The maximum atomic E-state index is 9.89. The summed E-state index contributed by atoms with van der Waals surface area (Å²) in [5.74, 6) is 4.87. The number of ether oxygens (including phenoxy) is 5. The van der Waals surface area contributed by atoms with Crippen molar-refractivity contribution in [2.24, 2.45) is 5.41 Å². The Morgan fingerprint density at radius 2 is 1.84 bits per heavy atom. The Labute approximate surface area is 188 Å². The van der Waals surface area contributed by atoms with Gasteiger partial charge in [0, 0.05) is 6.42 Å². The van der Waals surface area contributed by atoms with Crippen molar-refractivity contribution in [1.82, 2.24) is 15.0 Å². The van der Waals surface area contributed by atoms with E-state index >= 15 is 0 Å². The van der Waals surface area contributed by atoms with E-state index < -0.39 is 23.9 Å². The Morgan fingerprint density at radius 1 is 1.19 bits per heavy atom. The van der Waals surface area contributed by atoms with Gasteiger partial charge in [-0.15, -0.1) is 24.5 Å². The fourth-order valence-corrected chi connectivity index (χ4v) is 3.20. The summed E-state index contributed by atoms with van der Waals surface area (Å²) in [5, 5.41) is 27.2. The fraction of sp³-hybridized carbons (Fsp3) is 0.636. The van der Waals surface area contributed by atoms with E-state index in [1.807, 2.05) is 0 Å². The summed E-state index contributed by atoms with van der Waals surface area (Å²) in [6.07, 6.45) is 12.3. The van der Waals surface area contributed by atoms with Crippen LogP contribution in [0.4, 0.5) is 0 Å². The lowest BCUT2D eigenvalue weighted by atomic mass is 9.92. The van der Waals surface area contributed by atoms with Gasteiger partial charge in [0.15, 0.2) is 6.23 Å². The number of aliphatic hydroxyl groups is 2. The van der Waals surface area contributed by atoms with Crippen molar-refractivity contribution in [2.75, 3.05) is 52.9 Å². The molecule has 2 rings (SSSR count). The van der Waals surface area contributed by atoms with Gasteiger partial charge < -0.3 is 33.9 Å². The molecule has 176 valence electrons. The molecular formula is C22H31N3O7. The van der Waals surface area contributed by atoms with E-state index in [0.717, 1.165) is 0 Å².